The molecule has 0 N–H and O–H groups in total. The van der Waals surface area contributed by atoms with Gasteiger partial charge in [-0.05, 0) is 24.4 Å². The van der Waals surface area contributed by atoms with Crippen molar-refractivity contribution in [2.24, 2.45) is 0 Å². The second-order valence-corrected chi connectivity index (χ2v) is 3.50. The van der Waals surface area contributed by atoms with Gasteiger partial charge in [-0.15, -0.1) is 0 Å². The SMILES string of the molecule is CC(=O)c1ccc2ccccc2c1[N+](=O)[O-]. The molecule has 0 aromatic heterocycles. The number of hydrogen-bond acceptors (Lipinski definition) is 3. The maximum atomic E-state index is 11.3. The van der Waals surface area contributed by atoms with E-state index in [1.54, 1.807) is 30.3 Å². The van der Waals surface area contributed by atoms with Crippen molar-refractivity contribution in [3.05, 3.63) is 52.1 Å². The quantitative estimate of drug-likeness (QED) is 0.439. The van der Waals surface area contributed by atoms with E-state index in [1.165, 1.54) is 13.0 Å². The fraction of sp³-hybridized carbons (Fsp3) is 0.0833. The Balaban J connectivity index is 2.90. The molecule has 0 aliphatic heterocycles. The summed E-state index contributed by atoms with van der Waals surface area (Å²) in [6.07, 6.45) is 0. The molecule has 4 heteroatoms. The fourth-order valence-electron chi connectivity index (χ4n) is 1.74. The lowest BCUT2D eigenvalue weighted by Gasteiger charge is -2.03. The largest absolute Gasteiger partial charge is 0.294 e. The maximum Gasteiger partial charge on any atom is 0.287 e. The molecule has 0 aliphatic rings. The topological polar surface area (TPSA) is 60.2 Å². The molecule has 0 fully saturated rings. The number of benzene rings is 2. The molecule has 80 valence electrons. The summed E-state index contributed by atoms with van der Waals surface area (Å²) >= 11 is 0. The van der Waals surface area contributed by atoms with Crippen molar-refractivity contribution in [1.82, 2.24) is 0 Å². The van der Waals surface area contributed by atoms with Crippen LogP contribution in [0.25, 0.3) is 10.8 Å². The van der Waals surface area contributed by atoms with Crippen molar-refractivity contribution in [3.8, 4) is 0 Å². The number of nitro benzene ring substituents is 1. The molecule has 0 saturated carbocycles. The number of fused-ring (bicyclic) bond motifs is 1. The predicted octanol–water partition coefficient (Wildman–Crippen LogP) is 2.95. The monoisotopic (exact) mass is 215 g/mol. The molecule has 0 amide bonds. The first-order chi connectivity index (χ1) is 7.61. The summed E-state index contributed by atoms with van der Waals surface area (Å²) in [6.45, 7) is 1.33. The Kier molecular flexibility index (Phi) is 2.40. The van der Waals surface area contributed by atoms with Crippen molar-refractivity contribution >= 4 is 22.2 Å². The lowest BCUT2D eigenvalue weighted by atomic mass is 10.0. The normalized spacial score (nSPS) is 10.3. The first kappa shape index (κ1) is 10.3. The summed E-state index contributed by atoms with van der Waals surface area (Å²) in [7, 11) is 0. The lowest BCUT2D eigenvalue weighted by molar-refractivity contribution is -0.383. The third-order valence-corrected chi connectivity index (χ3v) is 2.46. The van der Waals surface area contributed by atoms with Crippen molar-refractivity contribution in [1.29, 1.82) is 0 Å². The Morgan fingerprint density at radius 1 is 1.19 bits per heavy atom. The summed E-state index contributed by atoms with van der Waals surface area (Å²) in [4.78, 5) is 21.8. The third-order valence-electron chi connectivity index (χ3n) is 2.46. The molecule has 0 unspecified atom stereocenters. The van der Waals surface area contributed by atoms with Crippen molar-refractivity contribution < 1.29 is 9.72 Å². The maximum absolute atomic E-state index is 11.3. The minimum absolute atomic E-state index is 0.106. The van der Waals surface area contributed by atoms with Crippen LogP contribution >= 0.6 is 0 Å². The van der Waals surface area contributed by atoms with Gasteiger partial charge in [-0.3, -0.25) is 14.9 Å². The van der Waals surface area contributed by atoms with Gasteiger partial charge in [0, 0.05) is 0 Å². The van der Waals surface area contributed by atoms with E-state index < -0.39 is 4.92 Å². The van der Waals surface area contributed by atoms with Crippen LogP contribution in [0.5, 0.6) is 0 Å². The molecule has 4 nitrogen and oxygen atoms in total. The second kappa shape index (κ2) is 3.73. The lowest BCUT2D eigenvalue weighted by Crippen LogP contribution is -2.00. The van der Waals surface area contributed by atoms with Gasteiger partial charge in [0.05, 0.1) is 15.9 Å². The molecule has 0 radical (unpaired) electrons. The summed E-state index contributed by atoms with van der Waals surface area (Å²) in [5.41, 5.74) is 0.0503. The minimum atomic E-state index is -0.501. The number of hydrogen-bond donors (Lipinski definition) is 0. The molecular formula is C12H9NO3. The number of carbonyl (C=O) groups is 1. The van der Waals surface area contributed by atoms with E-state index in [9.17, 15) is 14.9 Å². The molecule has 0 heterocycles. The standard InChI is InChI=1S/C12H9NO3/c1-8(14)10-7-6-9-4-2-3-5-11(9)12(10)13(15)16/h2-7H,1H3. The van der Waals surface area contributed by atoms with Gasteiger partial charge < -0.3 is 0 Å². The van der Waals surface area contributed by atoms with Crippen molar-refractivity contribution in [2.45, 2.75) is 6.92 Å². The molecule has 0 saturated heterocycles. The van der Waals surface area contributed by atoms with Crippen molar-refractivity contribution in [2.75, 3.05) is 0 Å². The number of Topliss-reactive ketones (excluding diaryl/α,β-unsaturated/α-hetero) is 1. The van der Waals surface area contributed by atoms with Gasteiger partial charge >= 0.3 is 0 Å². The van der Waals surface area contributed by atoms with E-state index in [1.807, 2.05) is 0 Å². The van der Waals surface area contributed by atoms with Gasteiger partial charge in [0.1, 0.15) is 0 Å². The van der Waals surface area contributed by atoms with E-state index in [-0.39, 0.29) is 17.0 Å². The first-order valence-corrected chi connectivity index (χ1v) is 4.78. The molecule has 0 atom stereocenters. The molecule has 16 heavy (non-hydrogen) atoms. The number of carbonyl (C=O) groups excluding carboxylic acids is 1. The number of rotatable bonds is 2. The van der Waals surface area contributed by atoms with E-state index in [2.05, 4.69) is 0 Å². The van der Waals surface area contributed by atoms with E-state index in [0.717, 1.165) is 5.39 Å². The van der Waals surface area contributed by atoms with E-state index >= 15 is 0 Å². The molecule has 0 aliphatic carbocycles. The molecule has 0 bridgehead atoms. The van der Waals surface area contributed by atoms with Crippen LogP contribution in [0.3, 0.4) is 0 Å². The summed E-state index contributed by atoms with van der Waals surface area (Å²) in [6, 6.07) is 10.2. The highest BCUT2D eigenvalue weighted by molar-refractivity contribution is 6.05. The number of nitro groups is 1. The summed E-state index contributed by atoms with van der Waals surface area (Å²) < 4.78 is 0. The van der Waals surface area contributed by atoms with Crippen LogP contribution in [-0.4, -0.2) is 10.7 Å². The first-order valence-electron chi connectivity index (χ1n) is 4.78. The molecule has 2 aromatic rings. The van der Waals surface area contributed by atoms with E-state index in [4.69, 9.17) is 0 Å². The highest BCUT2D eigenvalue weighted by Crippen LogP contribution is 2.29. The Hall–Kier alpha value is -2.23. The smallest absolute Gasteiger partial charge is 0.287 e. The van der Waals surface area contributed by atoms with Crippen LogP contribution in [0.15, 0.2) is 36.4 Å². The minimum Gasteiger partial charge on any atom is -0.294 e. The highest BCUT2D eigenvalue weighted by atomic mass is 16.6. The Morgan fingerprint density at radius 3 is 2.50 bits per heavy atom. The van der Waals surface area contributed by atoms with Crippen LogP contribution in [0.2, 0.25) is 0 Å². The van der Waals surface area contributed by atoms with Crippen LogP contribution < -0.4 is 0 Å². The Bertz CT molecular complexity index is 590. The zero-order chi connectivity index (χ0) is 11.7. The average molecular weight is 215 g/mol. The second-order valence-electron chi connectivity index (χ2n) is 3.50. The van der Waals surface area contributed by atoms with E-state index in [0.29, 0.717) is 5.39 Å². The van der Waals surface area contributed by atoms with Crippen molar-refractivity contribution in [3.63, 3.8) is 0 Å². The number of nitrogens with zero attached hydrogens (tertiary/aromatic N) is 1. The zero-order valence-electron chi connectivity index (χ0n) is 8.64. The average Bonchev–Trinajstić information content (AvgIpc) is 2.27. The summed E-state index contributed by atoms with van der Waals surface area (Å²) in [5.74, 6) is -0.294. The third kappa shape index (κ3) is 1.54. The fourth-order valence-corrected chi connectivity index (χ4v) is 1.74. The van der Waals surface area contributed by atoms with Crippen LogP contribution in [-0.2, 0) is 0 Å². The number of ketones is 1. The van der Waals surface area contributed by atoms with Gasteiger partial charge in [-0.25, -0.2) is 0 Å². The van der Waals surface area contributed by atoms with Crippen LogP contribution in [0, 0.1) is 10.1 Å². The van der Waals surface area contributed by atoms with Gasteiger partial charge in [-0.2, -0.15) is 0 Å². The molecule has 2 aromatic carbocycles. The summed E-state index contributed by atoms with van der Waals surface area (Å²) in [5, 5.41) is 12.3. The molecule has 0 spiro atoms. The predicted molar refractivity (Wildman–Crippen MR) is 60.6 cm³/mol. The van der Waals surface area contributed by atoms with Crippen LogP contribution in [0.4, 0.5) is 5.69 Å². The van der Waals surface area contributed by atoms with Gasteiger partial charge in [-0.1, -0.05) is 24.3 Å². The Morgan fingerprint density at radius 2 is 1.88 bits per heavy atom. The van der Waals surface area contributed by atoms with Gasteiger partial charge in [0.15, 0.2) is 5.78 Å². The zero-order valence-corrected chi connectivity index (χ0v) is 8.64. The van der Waals surface area contributed by atoms with Gasteiger partial charge in [0.25, 0.3) is 5.69 Å². The van der Waals surface area contributed by atoms with Crippen LogP contribution in [0.1, 0.15) is 17.3 Å². The Labute approximate surface area is 91.7 Å². The van der Waals surface area contributed by atoms with Gasteiger partial charge in [0.2, 0.25) is 0 Å². The molecule has 2 rings (SSSR count). The highest BCUT2D eigenvalue weighted by Gasteiger charge is 2.20. The molecular weight excluding hydrogens is 206 g/mol.